The average Bonchev–Trinajstić information content (AvgIpc) is 2.60. The van der Waals surface area contributed by atoms with Gasteiger partial charge in [-0.2, -0.15) is 0 Å². The van der Waals surface area contributed by atoms with E-state index >= 15 is 0 Å². The number of aromatic nitrogens is 2. The van der Waals surface area contributed by atoms with E-state index in [1.165, 1.54) is 12.1 Å². The molecule has 0 bridgehead atoms. The largest absolute Gasteiger partial charge is 0.367 e. The lowest BCUT2D eigenvalue weighted by molar-refractivity contribution is -0.139. The molecule has 2 heterocycles. The van der Waals surface area contributed by atoms with E-state index in [4.69, 9.17) is 4.74 Å². The summed E-state index contributed by atoms with van der Waals surface area (Å²) in [6.45, 7) is 2.90. The van der Waals surface area contributed by atoms with Gasteiger partial charge in [0.2, 0.25) is 5.91 Å². The van der Waals surface area contributed by atoms with E-state index in [1.54, 1.807) is 30.0 Å². The van der Waals surface area contributed by atoms with Crippen molar-refractivity contribution in [1.29, 1.82) is 0 Å². The van der Waals surface area contributed by atoms with Crippen molar-refractivity contribution in [3.8, 4) is 0 Å². The first-order valence-corrected chi connectivity index (χ1v) is 8.23. The molecular weight excluding hydrogens is 325 g/mol. The number of aromatic amines is 1. The highest BCUT2D eigenvalue weighted by Gasteiger charge is 2.27. The molecule has 6 nitrogen and oxygen atoms in total. The second-order valence-corrected chi connectivity index (χ2v) is 6.06. The van der Waals surface area contributed by atoms with Gasteiger partial charge in [-0.15, -0.1) is 0 Å². The number of hydrogen-bond donors (Lipinski definition) is 1. The Bertz CT molecular complexity index is 821. The molecule has 25 heavy (non-hydrogen) atoms. The minimum atomic E-state index is -0.459. The summed E-state index contributed by atoms with van der Waals surface area (Å²) < 4.78 is 19.3. The summed E-state index contributed by atoms with van der Waals surface area (Å²) in [5.41, 5.74) is 0.893. The Kier molecular flexibility index (Phi) is 5.23. The number of carbonyl (C=O) groups is 1. The number of halogens is 1. The standard InChI is InChI=1S/C18H20FN3O3/c1-12-10-16(23)21-18(20-12)15-11-22(8-9-25-15)17(24)7-6-13-4-2-3-5-14(13)19/h2-5,10,15H,6-9,11H2,1H3,(H,20,21,23)/t15-/m0/s1. The van der Waals surface area contributed by atoms with Crippen LogP contribution in [-0.4, -0.2) is 40.5 Å². The number of ether oxygens (including phenoxy) is 1. The second-order valence-electron chi connectivity index (χ2n) is 6.06. The fourth-order valence-corrected chi connectivity index (χ4v) is 2.90. The van der Waals surface area contributed by atoms with Crippen molar-refractivity contribution < 1.29 is 13.9 Å². The molecule has 132 valence electrons. The van der Waals surface area contributed by atoms with Crippen LogP contribution in [-0.2, 0) is 16.0 Å². The first-order valence-electron chi connectivity index (χ1n) is 8.23. The van der Waals surface area contributed by atoms with Crippen molar-refractivity contribution in [3.63, 3.8) is 0 Å². The summed E-state index contributed by atoms with van der Waals surface area (Å²) in [6.07, 6.45) is 0.122. The lowest BCUT2D eigenvalue weighted by atomic mass is 10.1. The number of H-pyrrole nitrogens is 1. The zero-order valence-electron chi connectivity index (χ0n) is 14.0. The molecule has 0 aliphatic carbocycles. The van der Waals surface area contributed by atoms with Crippen LogP contribution >= 0.6 is 0 Å². The van der Waals surface area contributed by atoms with E-state index < -0.39 is 6.10 Å². The topological polar surface area (TPSA) is 75.3 Å². The number of rotatable bonds is 4. The molecule has 1 saturated heterocycles. The molecule has 1 aliphatic rings. The second kappa shape index (κ2) is 7.57. The molecule has 2 aromatic rings. The highest BCUT2D eigenvalue weighted by atomic mass is 19.1. The number of nitrogens with zero attached hydrogens (tertiary/aromatic N) is 2. The highest BCUT2D eigenvalue weighted by molar-refractivity contribution is 5.76. The van der Waals surface area contributed by atoms with Crippen molar-refractivity contribution in [2.45, 2.75) is 25.9 Å². The van der Waals surface area contributed by atoms with E-state index in [9.17, 15) is 14.0 Å². The van der Waals surface area contributed by atoms with Crippen molar-refractivity contribution in [2.75, 3.05) is 19.7 Å². The van der Waals surface area contributed by atoms with E-state index in [-0.39, 0.29) is 23.7 Å². The fourth-order valence-electron chi connectivity index (χ4n) is 2.90. The van der Waals surface area contributed by atoms with E-state index in [0.717, 1.165) is 0 Å². The van der Waals surface area contributed by atoms with E-state index in [0.29, 0.717) is 43.2 Å². The third-order valence-electron chi connectivity index (χ3n) is 4.18. The summed E-state index contributed by atoms with van der Waals surface area (Å²) in [4.78, 5) is 32.7. The van der Waals surface area contributed by atoms with E-state index in [2.05, 4.69) is 9.97 Å². The molecule has 1 N–H and O–H groups in total. The minimum Gasteiger partial charge on any atom is -0.367 e. The number of amides is 1. The lowest BCUT2D eigenvalue weighted by Gasteiger charge is -2.32. The Labute approximate surface area is 144 Å². The number of aryl methyl sites for hydroxylation is 2. The molecule has 1 aromatic heterocycles. The maximum atomic E-state index is 13.7. The summed E-state index contributed by atoms with van der Waals surface area (Å²) in [5, 5.41) is 0. The monoisotopic (exact) mass is 345 g/mol. The Morgan fingerprint density at radius 3 is 3.00 bits per heavy atom. The van der Waals surface area contributed by atoms with Crippen LogP contribution in [0.15, 0.2) is 35.1 Å². The fraction of sp³-hybridized carbons (Fsp3) is 0.389. The van der Waals surface area contributed by atoms with Gasteiger partial charge in [0, 0.05) is 24.7 Å². The summed E-state index contributed by atoms with van der Waals surface area (Å²) in [5.74, 6) is 0.0693. The molecular formula is C18H20FN3O3. The van der Waals surface area contributed by atoms with Gasteiger partial charge in [-0.1, -0.05) is 18.2 Å². The third kappa shape index (κ3) is 4.30. The maximum Gasteiger partial charge on any atom is 0.251 e. The van der Waals surface area contributed by atoms with Crippen LogP contribution in [0.2, 0.25) is 0 Å². The summed E-state index contributed by atoms with van der Waals surface area (Å²) in [7, 11) is 0. The van der Waals surface area contributed by atoms with Crippen molar-refractivity contribution >= 4 is 5.91 Å². The Morgan fingerprint density at radius 1 is 1.44 bits per heavy atom. The predicted molar refractivity (Wildman–Crippen MR) is 89.6 cm³/mol. The van der Waals surface area contributed by atoms with Gasteiger partial charge in [-0.25, -0.2) is 9.37 Å². The first-order chi connectivity index (χ1) is 12.0. The van der Waals surface area contributed by atoms with Gasteiger partial charge in [-0.3, -0.25) is 9.59 Å². The van der Waals surface area contributed by atoms with Crippen LogP contribution in [0.4, 0.5) is 4.39 Å². The molecule has 1 atom stereocenters. The molecule has 1 amide bonds. The third-order valence-corrected chi connectivity index (χ3v) is 4.18. The van der Waals surface area contributed by atoms with Crippen molar-refractivity contribution in [3.05, 3.63) is 63.6 Å². The van der Waals surface area contributed by atoms with Gasteiger partial charge < -0.3 is 14.6 Å². The number of benzene rings is 1. The van der Waals surface area contributed by atoms with Crippen molar-refractivity contribution in [2.24, 2.45) is 0 Å². The predicted octanol–water partition coefficient (Wildman–Crippen LogP) is 1.75. The number of nitrogens with one attached hydrogen (secondary N) is 1. The van der Waals surface area contributed by atoms with E-state index in [1.807, 2.05) is 0 Å². The molecule has 0 unspecified atom stereocenters. The number of morpholine rings is 1. The van der Waals surface area contributed by atoms with Crippen LogP contribution in [0.5, 0.6) is 0 Å². The Hall–Kier alpha value is -2.54. The Morgan fingerprint density at radius 2 is 2.24 bits per heavy atom. The zero-order chi connectivity index (χ0) is 17.8. The van der Waals surface area contributed by atoms with Crippen LogP contribution in [0.25, 0.3) is 0 Å². The molecule has 0 saturated carbocycles. The highest BCUT2D eigenvalue weighted by Crippen LogP contribution is 2.20. The smallest absolute Gasteiger partial charge is 0.251 e. The summed E-state index contributed by atoms with van der Waals surface area (Å²) >= 11 is 0. The van der Waals surface area contributed by atoms with Gasteiger partial charge in [0.15, 0.2) is 0 Å². The molecule has 0 radical (unpaired) electrons. The molecule has 1 fully saturated rings. The average molecular weight is 345 g/mol. The minimum absolute atomic E-state index is 0.0634. The van der Waals surface area contributed by atoms with Gasteiger partial charge in [-0.05, 0) is 25.0 Å². The molecule has 1 aromatic carbocycles. The number of carbonyl (C=O) groups excluding carboxylic acids is 1. The van der Waals surface area contributed by atoms with Crippen molar-refractivity contribution in [1.82, 2.24) is 14.9 Å². The van der Waals surface area contributed by atoms with Gasteiger partial charge in [0.05, 0.1) is 13.2 Å². The quantitative estimate of drug-likeness (QED) is 0.916. The molecule has 1 aliphatic heterocycles. The number of hydrogen-bond acceptors (Lipinski definition) is 4. The zero-order valence-corrected chi connectivity index (χ0v) is 14.0. The maximum absolute atomic E-state index is 13.7. The van der Waals surface area contributed by atoms with Crippen LogP contribution in [0.3, 0.4) is 0 Å². The van der Waals surface area contributed by atoms with Crippen LogP contribution in [0.1, 0.15) is 29.6 Å². The molecule has 3 rings (SSSR count). The van der Waals surface area contributed by atoms with Gasteiger partial charge >= 0.3 is 0 Å². The Balaban J connectivity index is 1.63. The first kappa shape index (κ1) is 17.3. The van der Waals surface area contributed by atoms with Gasteiger partial charge in [0.25, 0.3) is 5.56 Å². The molecule has 0 spiro atoms. The molecule has 7 heteroatoms. The summed E-state index contributed by atoms with van der Waals surface area (Å²) in [6, 6.07) is 7.87. The van der Waals surface area contributed by atoms with Crippen LogP contribution < -0.4 is 5.56 Å². The van der Waals surface area contributed by atoms with Crippen LogP contribution in [0, 0.1) is 12.7 Å². The lowest BCUT2D eigenvalue weighted by Crippen LogP contribution is -2.43. The van der Waals surface area contributed by atoms with Gasteiger partial charge in [0.1, 0.15) is 17.7 Å². The normalized spacial score (nSPS) is 17.5. The SMILES string of the molecule is Cc1cc(=O)[nH]c([C@@H]2CN(C(=O)CCc3ccccc3F)CCO2)n1.